The van der Waals surface area contributed by atoms with Gasteiger partial charge in [0.25, 0.3) is 0 Å². The Labute approximate surface area is 368 Å². The maximum atomic E-state index is 14.3. The minimum Gasteiger partial charge on any atom is -0.453 e. The van der Waals surface area contributed by atoms with Gasteiger partial charge in [-0.3, -0.25) is 9.59 Å². The van der Waals surface area contributed by atoms with E-state index in [2.05, 4.69) is 96.0 Å². The van der Waals surface area contributed by atoms with Crippen LogP contribution in [0.3, 0.4) is 0 Å². The normalized spacial score (nSPS) is 17.9. The molecule has 4 amide bonds. The molecule has 4 aromatic carbocycles. The second-order valence-corrected chi connectivity index (χ2v) is 17.4. The molecule has 14 heteroatoms. The number of ether oxygens (including phenoxy) is 2. The Bertz CT molecular complexity index is 2720. The van der Waals surface area contributed by atoms with Crippen molar-refractivity contribution in [1.82, 2.24) is 40.4 Å². The van der Waals surface area contributed by atoms with Gasteiger partial charge in [0.15, 0.2) is 0 Å². The number of benzene rings is 4. The van der Waals surface area contributed by atoms with Gasteiger partial charge >= 0.3 is 12.2 Å². The molecule has 0 saturated carbocycles. The fraction of sp³-hybridized carbons (Fsp3) is 0.429. The van der Waals surface area contributed by atoms with Gasteiger partial charge in [0.1, 0.15) is 23.7 Å². The van der Waals surface area contributed by atoms with E-state index in [1.807, 2.05) is 51.7 Å². The highest BCUT2D eigenvalue weighted by molar-refractivity contribution is 6.07. The fourth-order valence-electron chi connectivity index (χ4n) is 8.99. The molecule has 5 atom stereocenters. The molecule has 0 radical (unpaired) electrons. The minimum absolute atomic E-state index is 0.130. The minimum atomic E-state index is -0.766. The molecule has 7 rings (SSSR count). The number of alkyl carbamates (subject to hydrolysis) is 2. The molecule has 0 spiro atoms. The summed E-state index contributed by atoms with van der Waals surface area (Å²) < 4.78 is 9.71. The number of nitrogens with one attached hydrogen (secondary N) is 4. The Balaban J connectivity index is 1.16. The quantitative estimate of drug-likeness (QED) is 0.0832. The van der Waals surface area contributed by atoms with Crippen LogP contribution in [-0.4, -0.2) is 92.6 Å². The number of H-pyrrole nitrogens is 2. The predicted molar refractivity (Wildman–Crippen MR) is 247 cm³/mol. The summed E-state index contributed by atoms with van der Waals surface area (Å²) in [5.41, 5.74) is 6.61. The number of hydrogen-bond acceptors (Lipinski definition) is 8. The van der Waals surface area contributed by atoms with Crippen LogP contribution < -0.4 is 10.6 Å². The van der Waals surface area contributed by atoms with Gasteiger partial charge in [0.05, 0.1) is 54.9 Å². The third-order valence-corrected chi connectivity index (χ3v) is 12.6. The van der Waals surface area contributed by atoms with Crippen LogP contribution in [0.25, 0.3) is 54.7 Å². The molecule has 5 unspecified atom stereocenters. The number of carbonyl (C=O) groups is 4. The van der Waals surface area contributed by atoms with Gasteiger partial charge < -0.3 is 39.9 Å². The highest BCUT2D eigenvalue weighted by Gasteiger charge is 2.40. The second kappa shape index (κ2) is 18.5. The predicted octanol–water partition coefficient (Wildman–Crippen LogP) is 9.16. The van der Waals surface area contributed by atoms with Gasteiger partial charge in [-0.2, -0.15) is 0 Å². The first-order chi connectivity index (χ1) is 30.2. The monoisotopic (exact) mass is 856 g/mol. The summed E-state index contributed by atoms with van der Waals surface area (Å²) in [7, 11) is 2.59. The van der Waals surface area contributed by atoms with Crippen molar-refractivity contribution < 1.29 is 28.7 Å². The standard InChI is InChI=1S/C49H60N8O6/c1-11-21-56(46(58)41(27(5)6)54-48(60)62-9)29(8)45-51-38-20-16-34-23-32(14-18-36(34)44(38)53-45)31-13-17-35-33(22-31)15-19-37-43(35)52-40(50-37)25-57-39(26(3)4)24-30(12-2)28(7)42(47(57)59)55-49(61)63-10/h13-20,22-24,26-29,39,41-42H,11-12,21,25H2,1-10H3,(H,50,52)(H,51,53)(H,54,60)(H,55,61). The number of rotatable bonds is 13. The van der Waals surface area contributed by atoms with Crippen molar-refractivity contribution in [2.75, 3.05) is 20.8 Å². The Morgan fingerprint density at radius 1 is 0.825 bits per heavy atom. The first-order valence-corrected chi connectivity index (χ1v) is 22.0. The second-order valence-electron chi connectivity index (χ2n) is 17.4. The van der Waals surface area contributed by atoms with E-state index < -0.39 is 24.3 Å². The van der Waals surface area contributed by atoms with E-state index in [0.29, 0.717) is 18.2 Å². The number of nitrogens with zero attached hydrogens (tertiary/aromatic N) is 4. The molecule has 0 bridgehead atoms. The lowest BCUT2D eigenvalue weighted by Gasteiger charge is -2.33. The van der Waals surface area contributed by atoms with Gasteiger partial charge in [0, 0.05) is 23.2 Å². The number of hydrogen-bond donors (Lipinski definition) is 4. The lowest BCUT2D eigenvalue weighted by molar-refractivity contribution is -0.137. The van der Waals surface area contributed by atoms with Gasteiger partial charge in [-0.15, -0.1) is 0 Å². The molecule has 1 aliphatic rings. The van der Waals surface area contributed by atoms with Crippen LogP contribution in [0.15, 0.2) is 72.3 Å². The van der Waals surface area contributed by atoms with E-state index in [4.69, 9.17) is 19.4 Å². The van der Waals surface area contributed by atoms with Crippen molar-refractivity contribution in [1.29, 1.82) is 0 Å². The van der Waals surface area contributed by atoms with E-state index in [1.54, 1.807) is 4.90 Å². The number of aromatic nitrogens is 4. The summed E-state index contributed by atoms with van der Waals surface area (Å²) in [5, 5.41) is 9.57. The van der Waals surface area contributed by atoms with Crippen LogP contribution in [-0.2, 0) is 25.6 Å². The zero-order valence-electron chi connectivity index (χ0n) is 38.0. The SMILES string of the molecule is CCCN(C(=O)C(NC(=O)OC)C(C)C)C(C)c1nc2c(ccc3cc(-c4ccc5c(ccc6[nH]c(CN7C(=O)C(NC(=O)OC)C(C)C(CC)=CC7C(C)C)nc65)c4)ccc32)[nH]1. The van der Waals surface area contributed by atoms with Gasteiger partial charge in [-0.1, -0.05) is 96.5 Å². The Morgan fingerprint density at radius 2 is 1.43 bits per heavy atom. The van der Waals surface area contributed by atoms with Crippen molar-refractivity contribution in [3.8, 4) is 11.1 Å². The molecule has 1 aliphatic heterocycles. The van der Waals surface area contributed by atoms with E-state index in [0.717, 1.165) is 73.2 Å². The van der Waals surface area contributed by atoms with Crippen molar-refractivity contribution in [3.63, 3.8) is 0 Å². The zero-order chi connectivity index (χ0) is 45.3. The molecule has 0 saturated heterocycles. The molecule has 6 aromatic rings. The summed E-state index contributed by atoms with van der Waals surface area (Å²) in [6.07, 6.45) is 2.42. The van der Waals surface area contributed by atoms with E-state index >= 15 is 0 Å². The number of methoxy groups -OCH3 is 2. The van der Waals surface area contributed by atoms with E-state index in [1.165, 1.54) is 14.2 Å². The number of fused-ring (bicyclic) bond motifs is 6. The van der Waals surface area contributed by atoms with Gasteiger partial charge in [0.2, 0.25) is 11.8 Å². The molecule has 4 N–H and O–H groups in total. The molecule has 3 heterocycles. The Morgan fingerprint density at radius 3 is 1.98 bits per heavy atom. The topological polar surface area (TPSA) is 175 Å². The molecule has 0 fully saturated rings. The number of amides is 4. The first-order valence-electron chi connectivity index (χ1n) is 22.0. The molecule has 332 valence electrons. The van der Waals surface area contributed by atoms with E-state index in [-0.39, 0.29) is 48.2 Å². The van der Waals surface area contributed by atoms with Crippen LogP contribution >= 0.6 is 0 Å². The van der Waals surface area contributed by atoms with Crippen LogP contribution in [0.4, 0.5) is 9.59 Å². The number of carbonyl (C=O) groups excluding carboxylic acids is 4. The first kappa shape index (κ1) is 44.6. The van der Waals surface area contributed by atoms with Crippen molar-refractivity contribution in [3.05, 3.63) is 84.0 Å². The molecule has 14 nitrogen and oxygen atoms in total. The summed E-state index contributed by atoms with van der Waals surface area (Å²) in [4.78, 5) is 73.3. The zero-order valence-corrected chi connectivity index (χ0v) is 38.0. The lowest BCUT2D eigenvalue weighted by Crippen LogP contribution is -2.53. The maximum absolute atomic E-state index is 14.3. The largest absolute Gasteiger partial charge is 0.453 e. The molecular weight excluding hydrogens is 797 g/mol. The fourth-order valence-corrected chi connectivity index (χ4v) is 8.99. The summed E-state index contributed by atoms with van der Waals surface area (Å²) >= 11 is 0. The smallest absolute Gasteiger partial charge is 0.407 e. The Hall–Kier alpha value is -6.44. The molecule has 0 aliphatic carbocycles. The van der Waals surface area contributed by atoms with Crippen LogP contribution in [0, 0.1) is 17.8 Å². The third kappa shape index (κ3) is 8.80. The van der Waals surface area contributed by atoms with Crippen LogP contribution in [0.5, 0.6) is 0 Å². The summed E-state index contributed by atoms with van der Waals surface area (Å²) in [5.74, 6) is 0.766. The Kier molecular flexibility index (Phi) is 13.1. The highest BCUT2D eigenvalue weighted by Crippen LogP contribution is 2.35. The van der Waals surface area contributed by atoms with Crippen LogP contribution in [0.1, 0.15) is 85.9 Å². The average Bonchev–Trinajstić information content (AvgIpc) is 3.90. The number of imidazole rings is 2. The average molecular weight is 857 g/mol. The summed E-state index contributed by atoms with van der Waals surface area (Å²) in [6.45, 7) is 16.8. The number of aromatic amines is 2. The van der Waals surface area contributed by atoms with Crippen molar-refractivity contribution >= 4 is 67.6 Å². The van der Waals surface area contributed by atoms with Crippen LogP contribution in [0.2, 0.25) is 0 Å². The van der Waals surface area contributed by atoms with Gasteiger partial charge in [-0.05, 0) is 77.8 Å². The summed E-state index contributed by atoms with van der Waals surface area (Å²) in [6, 6.07) is 18.9. The van der Waals surface area contributed by atoms with Crippen molar-refractivity contribution in [2.24, 2.45) is 17.8 Å². The molecular formula is C49H60N8O6. The van der Waals surface area contributed by atoms with Gasteiger partial charge in [-0.25, -0.2) is 19.6 Å². The van der Waals surface area contributed by atoms with Crippen molar-refractivity contribution in [2.45, 2.75) is 98.9 Å². The molecule has 2 aromatic heterocycles. The maximum Gasteiger partial charge on any atom is 0.407 e. The molecule has 63 heavy (non-hydrogen) atoms. The van der Waals surface area contributed by atoms with E-state index in [9.17, 15) is 19.2 Å². The lowest BCUT2D eigenvalue weighted by atomic mass is 9.90. The third-order valence-electron chi connectivity index (χ3n) is 12.6. The highest BCUT2D eigenvalue weighted by atomic mass is 16.5.